The molecule has 2 aliphatic heterocycles. The molecule has 2 fully saturated rings. The van der Waals surface area contributed by atoms with Crippen molar-refractivity contribution in [2.24, 2.45) is 0 Å². The average Bonchev–Trinajstić information content (AvgIpc) is 2.96. The second-order valence-electron chi connectivity index (χ2n) is 6.61. The van der Waals surface area contributed by atoms with Crippen molar-refractivity contribution in [2.75, 3.05) is 31.2 Å². The summed E-state index contributed by atoms with van der Waals surface area (Å²) < 4.78 is 34.7. The standard InChI is InChI=1S/C16H23NO5S/c1-12-3-4-14(22-12)13(2)15(18)17-7-8-21-16(11-17)5-9-23(19,20)10-6-16/h3-4,13H,5-11H2,1-2H3. The van der Waals surface area contributed by atoms with Crippen LogP contribution in [0, 0.1) is 6.92 Å². The van der Waals surface area contributed by atoms with Gasteiger partial charge in [-0.15, -0.1) is 0 Å². The summed E-state index contributed by atoms with van der Waals surface area (Å²) in [6.45, 7) is 5.15. The molecule has 0 saturated carbocycles. The largest absolute Gasteiger partial charge is 0.466 e. The van der Waals surface area contributed by atoms with E-state index in [1.165, 1.54) is 0 Å². The minimum Gasteiger partial charge on any atom is -0.466 e. The minimum absolute atomic E-state index is 0.00968. The van der Waals surface area contributed by atoms with Crippen LogP contribution in [0.25, 0.3) is 0 Å². The summed E-state index contributed by atoms with van der Waals surface area (Å²) in [5.41, 5.74) is -0.502. The molecule has 1 spiro atoms. The number of aryl methyl sites for hydroxylation is 1. The van der Waals surface area contributed by atoms with Gasteiger partial charge >= 0.3 is 0 Å². The van der Waals surface area contributed by atoms with Crippen LogP contribution in [0.15, 0.2) is 16.5 Å². The molecule has 0 aromatic carbocycles. The Morgan fingerprint density at radius 1 is 1.30 bits per heavy atom. The van der Waals surface area contributed by atoms with E-state index in [-0.39, 0.29) is 23.3 Å². The Balaban J connectivity index is 1.70. The van der Waals surface area contributed by atoms with Crippen molar-refractivity contribution in [3.05, 3.63) is 23.7 Å². The third-order valence-electron chi connectivity index (χ3n) is 4.86. The van der Waals surface area contributed by atoms with Gasteiger partial charge in [0.2, 0.25) is 5.91 Å². The normalized spacial score (nSPS) is 24.5. The number of morpholine rings is 1. The van der Waals surface area contributed by atoms with E-state index in [0.29, 0.717) is 38.3 Å². The molecule has 2 aliphatic rings. The summed E-state index contributed by atoms with van der Waals surface area (Å²) in [6, 6.07) is 3.69. The minimum atomic E-state index is -2.95. The van der Waals surface area contributed by atoms with Crippen LogP contribution in [0.5, 0.6) is 0 Å². The third-order valence-corrected chi connectivity index (χ3v) is 6.51. The zero-order chi connectivity index (χ0) is 16.7. The van der Waals surface area contributed by atoms with Crippen molar-refractivity contribution in [3.63, 3.8) is 0 Å². The van der Waals surface area contributed by atoms with Gasteiger partial charge in [-0.25, -0.2) is 8.42 Å². The van der Waals surface area contributed by atoms with Crippen LogP contribution in [0.1, 0.15) is 37.2 Å². The van der Waals surface area contributed by atoms with Crippen LogP contribution in [-0.2, 0) is 19.4 Å². The molecule has 0 N–H and O–H groups in total. The summed E-state index contributed by atoms with van der Waals surface area (Å²) in [5, 5.41) is 0. The van der Waals surface area contributed by atoms with Gasteiger partial charge in [0.25, 0.3) is 0 Å². The van der Waals surface area contributed by atoms with E-state index in [1.807, 2.05) is 26.0 Å². The Labute approximate surface area is 136 Å². The van der Waals surface area contributed by atoms with Gasteiger partial charge in [0.05, 0.1) is 29.6 Å². The zero-order valence-electron chi connectivity index (χ0n) is 13.6. The number of hydrogen-bond donors (Lipinski definition) is 0. The van der Waals surface area contributed by atoms with Crippen molar-refractivity contribution < 1.29 is 22.4 Å². The molecule has 1 atom stereocenters. The van der Waals surface area contributed by atoms with Crippen molar-refractivity contribution in [2.45, 2.75) is 38.2 Å². The second kappa shape index (κ2) is 5.94. The molecule has 0 bridgehead atoms. The number of sulfone groups is 1. The van der Waals surface area contributed by atoms with E-state index in [4.69, 9.17) is 9.15 Å². The average molecular weight is 341 g/mol. The van der Waals surface area contributed by atoms with E-state index >= 15 is 0 Å². The lowest BCUT2D eigenvalue weighted by Crippen LogP contribution is -2.57. The maximum atomic E-state index is 12.8. The molecule has 2 saturated heterocycles. The van der Waals surface area contributed by atoms with Gasteiger partial charge in [0.15, 0.2) is 9.84 Å². The highest BCUT2D eigenvalue weighted by molar-refractivity contribution is 7.91. The molecule has 3 heterocycles. The van der Waals surface area contributed by atoms with Crippen LogP contribution in [0.4, 0.5) is 0 Å². The first-order chi connectivity index (χ1) is 10.8. The summed E-state index contributed by atoms with van der Waals surface area (Å²) >= 11 is 0. The highest BCUT2D eigenvalue weighted by Gasteiger charge is 2.43. The Hall–Kier alpha value is -1.34. The molecule has 0 radical (unpaired) electrons. The molecule has 23 heavy (non-hydrogen) atoms. The van der Waals surface area contributed by atoms with E-state index in [2.05, 4.69) is 0 Å². The zero-order valence-corrected chi connectivity index (χ0v) is 14.4. The maximum Gasteiger partial charge on any atom is 0.233 e. The predicted octanol–water partition coefficient (Wildman–Crippen LogP) is 1.50. The first-order valence-corrected chi connectivity index (χ1v) is 9.82. The van der Waals surface area contributed by atoms with Gasteiger partial charge in [-0.1, -0.05) is 0 Å². The summed E-state index contributed by atoms with van der Waals surface area (Å²) in [6.07, 6.45) is 0.931. The van der Waals surface area contributed by atoms with Gasteiger partial charge < -0.3 is 14.1 Å². The Morgan fingerprint density at radius 3 is 2.61 bits per heavy atom. The van der Waals surface area contributed by atoms with Crippen molar-refractivity contribution in [3.8, 4) is 0 Å². The predicted molar refractivity (Wildman–Crippen MR) is 85.0 cm³/mol. The Bertz CT molecular complexity index is 679. The molecule has 1 aromatic heterocycles. The number of ether oxygens (including phenoxy) is 1. The monoisotopic (exact) mass is 341 g/mol. The molecule has 1 aromatic rings. The first kappa shape index (κ1) is 16.5. The summed E-state index contributed by atoms with van der Waals surface area (Å²) in [5.74, 6) is 1.40. The number of hydrogen-bond acceptors (Lipinski definition) is 5. The van der Waals surface area contributed by atoms with Crippen LogP contribution >= 0.6 is 0 Å². The molecule has 0 aliphatic carbocycles. The summed E-state index contributed by atoms with van der Waals surface area (Å²) in [4.78, 5) is 14.5. The van der Waals surface area contributed by atoms with E-state index in [0.717, 1.165) is 5.76 Å². The van der Waals surface area contributed by atoms with Gasteiger partial charge in [-0.05, 0) is 38.8 Å². The smallest absolute Gasteiger partial charge is 0.233 e. The number of carbonyl (C=O) groups excluding carboxylic acids is 1. The van der Waals surface area contributed by atoms with E-state index < -0.39 is 15.4 Å². The number of rotatable bonds is 2. The highest BCUT2D eigenvalue weighted by Crippen LogP contribution is 2.32. The number of nitrogens with zero attached hydrogens (tertiary/aromatic N) is 1. The van der Waals surface area contributed by atoms with Crippen molar-refractivity contribution in [1.82, 2.24) is 4.90 Å². The molecule has 1 amide bonds. The number of furan rings is 1. The Kier molecular flexibility index (Phi) is 4.27. The fourth-order valence-corrected chi connectivity index (χ4v) is 4.90. The van der Waals surface area contributed by atoms with Crippen LogP contribution in [0.3, 0.4) is 0 Å². The molecule has 7 heteroatoms. The van der Waals surface area contributed by atoms with Crippen LogP contribution in [0.2, 0.25) is 0 Å². The van der Waals surface area contributed by atoms with Gasteiger partial charge in [0, 0.05) is 13.1 Å². The maximum absolute atomic E-state index is 12.8. The molecule has 128 valence electrons. The fourth-order valence-electron chi connectivity index (χ4n) is 3.33. The topological polar surface area (TPSA) is 76.8 Å². The van der Waals surface area contributed by atoms with E-state index in [9.17, 15) is 13.2 Å². The SMILES string of the molecule is Cc1ccc(C(C)C(=O)N2CCOC3(CCS(=O)(=O)CC3)C2)o1. The summed E-state index contributed by atoms with van der Waals surface area (Å²) in [7, 11) is -2.95. The lowest BCUT2D eigenvalue weighted by Gasteiger charge is -2.45. The van der Waals surface area contributed by atoms with Crippen molar-refractivity contribution in [1.29, 1.82) is 0 Å². The lowest BCUT2D eigenvalue weighted by atomic mass is 9.93. The fraction of sp³-hybridized carbons (Fsp3) is 0.688. The molecule has 6 nitrogen and oxygen atoms in total. The number of carbonyl (C=O) groups is 1. The third kappa shape index (κ3) is 3.45. The molecule has 3 rings (SSSR count). The number of amides is 1. The van der Waals surface area contributed by atoms with Crippen LogP contribution in [-0.4, -0.2) is 56.0 Å². The van der Waals surface area contributed by atoms with Gasteiger partial charge in [-0.3, -0.25) is 4.79 Å². The van der Waals surface area contributed by atoms with Crippen molar-refractivity contribution >= 4 is 15.7 Å². The molecule has 1 unspecified atom stereocenters. The second-order valence-corrected chi connectivity index (χ2v) is 8.92. The first-order valence-electron chi connectivity index (χ1n) is 8.00. The highest BCUT2D eigenvalue weighted by atomic mass is 32.2. The van der Waals surface area contributed by atoms with E-state index in [1.54, 1.807) is 4.90 Å². The molecular weight excluding hydrogens is 318 g/mol. The Morgan fingerprint density at radius 2 is 2.00 bits per heavy atom. The van der Waals surface area contributed by atoms with Crippen LogP contribution < -0.4 is 0 Å². The lowest BCUT2D eigenvalue weighted by molar-refractivity contribution is -0.153. The van der Waals surface area contributed by atoms with Gasteiger partial charge in [0.1, 0.15) is 11.5 Å². The van der Waals surface area contributed by atoms with Gasteiger partial charge in [-0.2, -0.15) is 0 Å². The quantitative estimate of drug-likeness (QED) is 0.815. The molecular formula is C16H23NO5S.